The standard InChI is InChI=1S/C20H23NO4/c1-14-5-9-18(24-3)15(11-14)7-10-20(22)21-13-16-6-8-17(23-2)12-19(16)25-4/h5-12H,13H2,1-4H3,(H,21,22)/b10-7+. The molecule has 0 heterocycles. The van der Waals surface area contributed by atoms with Gasteiger partial charge in [0.2, 0.25) is 5.91 Å². The molecule has 0 spiro atoms. The van der Waals surface area contributed by atoms with E-state index in [1.165, 1.54) is 6.08 Å². The van der Waals surface area contributed by atoms with Gasteiger partial charge >= 0.3 is 0 Å². The first-order chi connectivity index (χ1) is 12.1. The van der Waals surface area contributed by atoms with E-state index in [2.05, 4.69) is 5.32 Å². The van der Waals surface area contributed by atoms with Crippen LogP contribution in [0.5, 0.6) is 17.2 Å². The van der Waals surface area contributed by atoms with Gasteiger partial charge in [-0.05, 0) is 37.3 Å². The van der Waals surface area contributed by atoms with Gasteiger partial charge in [-0.15, -0.1) is 0 Å². The van der Waals surface area contributed by atoms with Gasteiger partial charge in [-0.25, -0.2) is 0 Å². The number of ether oxygens (including phenoxy) is 3. The van der Waals surface area contributed by atoms with Crippen LogP contribution in [0.2, 0.25) is 0 Å². The third-order valence-corrected chi connectivity index (χ3v) is 3.75. The highest BCUT2D eigenvalue weighted by Crippen LogP contribution is 2.24. The average molecular weight is 341 g/mol. The SMILES string of the molecule is COc1ccc(CNC(=O)/C=C/c2cc(C)ccc2OC)c(OC)c1. The van der Waals surface area contributed by atoms with Crippen LogP contribution in [0.3, 0.4) is 0 Å². The maximum Gasteiger partial charge on any atom is 0.244 e. The van der Waals surface area contributed by atoms with Gasteiger partial charge < -0.3 is 19.5 Å². The molecule has 2 rings (SSSR count). The van der Waals surface area contributed by atoms with Gasteiger partial charge in [-0.2, -0.15) is 0 Å². The van der Waals surface area contributed by atoms with Gasteiger partial charge in [0.1, 0.15) is 17.2 Å². The zero-order valence-corrected chi connectivity index (χ0v) is 15.0. The molecule has 25 heavy (non-hydrogen) atoms. The molecule has 0 atom stereocenters. The molecule has 132 valence electrons. The number of nitrogens with one attached hydrogen (secondary N) is 1. The van der Waals surface area contributed by atoms with Crippen molar-refractivity contribution in [2.45, 2.75) is 13.5 Å². The number of hydrogen-bond donors (Lipinski definition) is 1. The van der Waals surface area contributed by atoms with Crippen LogP contribution >= 0.6 is 0 Å². The molecule has 2 aromatic rings. The zero-order chi connectivity index (χ0) is 18.2. The van der Waals surface area contributed by atoms with Crippen LogP contribution in [0, 0.1) is 6.92 Å². The number of hydrogen-bond acceptors (Lipinski definition) is 4. The Morgan fingerprint density at radius 1 is 1.00 bits per heavy atom. The average Bonchev–Trinajstić information content (AvgIpc) is 2.64. The van der Waals surface area contributed by atoms with E-state index in [9.17, 15) is 4.79 Å². The lowest BCUT2D eigenvalue weighted by Gasteiger charge is -2.10. The molecule has 0 aliphatic rings. The third kappa shape index (κ3) is 5.01. The van der Waals surface area contributed by atoms with Crippen LogP contribution in [-0.2, 0) is 11.3 Å². The molecule has 0 saturated carbocycles. The van der Waals surface area contributed by atoms with Gasteiger partial charge in [0.05, 0.1) is 21.3 Å². The number of benzene rings is 2. The maximum absolute atomic E-state index is 12.1. The predicted molar refractivity (Wildman–Crippen MR) is 98.2 cm³/mol. The van der Waals surface area contributed by atoms with Crippen LogP contribution in [0.1, 0.15) is 16.7 Å². The smallest absolute Gasteiger partial charge is 0.244 e. The number of rotatable bonds is 7. The molecular formula is C20H23NO4. The first-order valence-corrected chi connectivity index (χ1v) is 7.89. The van der Waals surface area contributed by atoms with Gasteiger partial charge in [0, 0.05) is 29.8 Å². The zero-order valence-electron chi connectivity index (χ0n) is 15.0. The fraction of sp³-hybridized carbons (Fsp3) is 0.250. The third-order valence-electron chi connectivity index (χ3n) is 3.75. The van der Waals surface area contributed by atoms with Gasteiger partial charge in [-0.1, -0.05) is 11.6 Å². The largest absolute Gasteiger partial charge is 0.497 e. The summed E-state index contributed by atoms with van der Waals surface area (Å²) in [6.45, 7) is 2.36. The van der Waals surface area contributed by atoms with Crippen molar-refractivity contribution in [3.63, 3.8) is 0 Å². The lowest BCUT2D eigenvalue weighted by Crippen LogP contribution is -2.20. The number of carbonyl (C=O) groups excluding carboxylic acids is 1. The normalized spacial score (nSPS) is 10.6. The molecule has 0 fully saturated rings. The molecule has 2 aromatic carbocycles. The molecule has 5 heteroatoms. The van der Waals surface area contributed by atoms with Crippen LogP contribution in [0.25, 0.3) is 6.08 Å². The summed E-state index contributed by atoms with van der Waals surface area (Å²) >= 11 is 0. The highest BCUT2D eigenvalue weighted by molar-refractivity contribution is 5.92. The quantitative estimate of drug-likeness (QED) is 0.785. The second-order valence-corrected chi connectivity index (χ2v) is 5.47. The van der Waals surface area contributed by atoms with Crippen molar-refractivity contribution in [1.29, 1.82) is 0 Å². The predicted octanol–water partition coefficient (Wildman–Crippen LogP) is 3.35. The molecule has 1 N–H and O–H groups in total. The fourth-order valence-corrected chi connectivity index (χ4v) is 2.39. The van der Waals surface area contributed by atoms with Gasteiger partial charge in [0.25, 0.3) is 0 Å². The molecular weight excluding hydrogens is 318 g/mol. The van der Waals surface area contributed by atoms with Crippen LogP contribution in [0.4, 0.5) is 0 Å². The van der Waals surface area contributed by atoms with Crippen LogP contribution in [0.15, 0.2) is 42.5 Å². The van der Waals surface area contributed by atoms with E-state index in [4.69, 9.17) is 14.2 Å². The molecule has 0 saturated heterocycles. The molecule has 0 aliphatic carbocycles. The Kier molecular flexibility index (Phi) is 6.46. The van der Waals surface area contributed by atoms with Crippen molar-refractivity contribution in [1.82, 2.24) is 5.32 Å². The first-order valence-electron chi connectivity index (χ1n) is 7.89. The summed E-state index contributed by atoms with van der Waals surface area (Å²) in [5.74, 6) is 1.91. The molecule has 1 amide bonds. The van der Waals surface area contributed by atoms with Crippen molar-refractivity contribution in [3.8, 4) is 17.2 Å². The van der Waals surface area contributed by atoms with E-state index in [-0.39, 0.29) is 5.91 Å². The summed E-state index contributed by atoms with van der Waals surface area (Å²) in [6.07, 6.45) is 3.24. The van der Waals surface area contributed by atoms with Crippen LogP contribution < -0.4 is 19.5 Å². The summed E-state index contributed by atoms with van der Waals surface area (Å²) in [7, 11) is 4.79. The van der Waals surface area contributed by atoms with Gasteiger partial charge in [0.15, 0.2) is 0 Å². The van der Waals surface area contributed by atoms with Crippen molar-refractivity contribution >= 4 is 12.0 Å². The second-order valence-electron chi connectivity index (χ2n) is 5.47. The Morgan fingerprint density at radius 2 is 1.76 bits per heavy atom. The molecule has 0 unspecified atom stereocenters. The lowest BCUT2D eigenvalue weighted by molar-refractivity contribution is -0.116. The summed E-state index contributed by atoms with van der Waals surface area (Å²) in [5, 5.41) is 2.85. The Labute approximate surface area is 148 Å². The van der Waals surface area contributed by atoms with E-state index in [1.54, 1.807) is 33.5 Å². The summed E-state index contributed by atoms with van der Waals surface area (Å²) in [6, 6.07) is 11.3. The highest BCUT2D eigenvalue weighted by atomic mass is 16.5. The van der Waals surface area contributed by atoms with E-state index in [0.29, 0.717) is 18.0 Å². The van der Waals surface area contributed by atoms with Crippen molar-refractivity contribution in [2.75, 3.05) is 21.3 Å². The van der Waals surface area contributed by atoms with Crippen molar-refractivity contribution in [2.24, 2.45) is 0 Å². The first kappa shape index (κ1) is 18.4. The van der Waals surface area contributed by atoms with E-state index in [0.717, 1.165) is 22.4 Å². The van der Waals surface area contributed by atoms with Crippen LogP contribution in [-0.4, -0.2) is 27.2 Å². The summed E-state index contributed by atoms with van der Waals surface area (Å²) < 4.78 is 15.8. The van der Waals surface area contributed by atoms with Crippen molar-refractivity contribution < 1.29 is 19.0 Å². The Bertz CT molecular complexity index is 768. The minimum atomic E-state index is -0.193. The molecule has 0 aromatic heterocycles. The summed E-state index contributed by atoms with van der Waals surface area (Å²) in [5.41, 5.74) is 2.83. The van der Waals surface area contributed by atoms with E-state index >= 15 is 0 Å². The molecule has 0 radical (unpaired) electrons. The minimum Gasteiger partial charge on any atom is -0.497 e. The maximum atomic E-state index is 12.1. The molecule has 5 nitrogen and oxygen atoms in total. The van der Waals surface area contributed by atoms with E-state index in [1.807, 2.05) is 37.3 Å². The topological polar surface area (TPSA) is 56.8 Å². The number of carbonyl (C=O) groups is 1. The summed E-state index contributed by atoms with van der Waals surface area (Å²) in [4.78, 5) is 12.1. The van der Waals surface area contributed by atoms with Crippen molar-refractivity contribution in [3.05, 3.63) is 59.2 Å². The molecule has 0 aliphatic heterocycles. The highest BCUT2D eigenvalue weighted by Gasteiger charge is 2.06. The fourth-order valence-electron chi connectivity index (χ4n) is 2.39. The Hall–Kier alpha value is -2.95. The Morgan fingerprint density at radius 3 is 2.44 bits per heavy atom. The number of aryl methyl sites for hydroxylation is 1. The van der Waals surface area contributed by atoms with Gasteiger partial charge in [-0.3, -0.25) is 4.79 Å². The Balaban J connectivity index is 2.03. The number of amides is 1. The lowest BCUT2D eigenvalue weighted by atomic mass is 10.1. The second kappa shape index (κ2) is 8.78. The monoisotopic (exact) mass is 341 g/mol. The molecule has 0 bridgehead atoms. The minimum absolute atomic E-state index is 0.193. The van der Waals surface area contributed by atoms with E-state index < -0.39 is 0 Å². The number of methoxy groups -OCH3 is 3.